The number of hydrogen-bond acceptors (Lipinski definition) is 4. The first-order chi connectivity index (χ1) is 9.88. The summed E-state index contributed by atoms with van der Waals surface area (Å²) in [5.41, 5.74) is 6.85. The zero-order valence-electron chi connectivity index (χ0n) is 11.2. The monoisotopic (exact) mass is 292 g/mol. The average Bonchev–Trinajstić information content (AvgIpc) is 2.42. The number of carboxylic acids is 2. The fraction of sp³-hybridized carbons (Fsp3) is 0.214. The molecule has 1 amide bonds. The number of anilines is 1. The van der Waals surface area contributed by atoms with Crippen molar-refractivity contribution in [3.8, 4) is 0 Å². The summed E-state index contributed by atoms with van der Waals surface area (Å²) < 4.78 is 0. The van der Waals surface area contributed by atoms with E-state index in [0.29, 0.717) is 5.69 Å². The van der Waals surface area contributed by atoms with E-state index in [-0.39, 0.29) is 12.8 Å². The van der Waals surface area contributed by atoms with Crippen LogP contribution >= 0.6 is 0 Å². The van der Waals surface area contributed by atoms with E-state index < -0.39 is 23.9 Å². The maximum Gasteiger partial charge on any atom is 0.326 e. The Labute approximate surface area is 121 Å². The molecule has 0 heterocycles. The summed E-state index contributed by atoms with van der Waals surface area (Å²) in [7, 11) is 0. The van der Waals surface area contributed by atoms with Gasteiger partial charge in [-0.3, -0.25) is 9.59 Å². The number of carbonyl (C=O) groups excluding carboxylic acids is 1. The Kier molecular flexibility index (Phi) is 5.94. The molecule has 1 rings (SSSR count). The summed E-state index contributed by atoms with van der Waals surface area (Å²) in [6, 6.07) is 5.52. The van der Waals surface area contributed by atoms with Crippen molar-refractivity contribution >= 4 is 29.6 Å². The summed E-state index contributed by atoms with van der Waals surface area (Å²) in [6.07, 6.45) is 2.18. The van der Waals surface area contributed by atoms with Gasteiger partial charge in [0.05, 0.1) is 0 Å². The normalized spacial score (nSPS) is 12.0. The number of nitrogens with one attached hydrogen (secondary N) is 1. The molecule has 1 unspecified atom stereocenters. The minimum absolute atomic E-state index is 0.174. The van der Waals surface area contributed by atoms with Gasteiger partial charge < -0.3 is 21.3 Å². The van der Waals surface area contributed by atoms with Crippen LogP contribution in [0.4, 0.5) is 5.69 Å². The van der Waals surface area contributed by atoms with Crippen LogP contribution in [0.1, 0.15) is 18.4 Å². The number of nitrogens with two attached hydrogens (primary N) is 1. The van der Waals surface area contributed by atoms with Gasteiger partial charge in [0, 0.05) is 18.2 Å². The molecule has 0 saturated carbocycles. The number of carboxylic acid groups (broad SMARTS) is 2. The molecule has 0 aliphatic carbocycles. The van der Waals surface area contributed by atoms with Crippen LogP contribution in [-0.2, 0) is 14.4 Å². The van der Waals surface area contributed by atoms with Crippen molar-refractivity contribution in [3.05, 3.63) is 35.9 Å². The topological polar surface area (TPSA) is 130 Å². The highest BCUT2D eigenvalue weighted by atomic mass is 16.4. The molecule has 0 aliphatic rings. The number of hydrogen-bond donors (Lipinski definition) is 4. The molecule has 1 aromatic carbocycles. The van der Waals surface area contributed by atoms with Gasteiger partial charge in [-0.1, -0.05) is 12.1 Å². The van der Waals surface area contributed by atoms with E-state index in [4.69, 9.17) is 15.9 Å². The van der Waals surface area contributed by atoms with Crippen molar-refractivity contribution in [2.24, 2.45) is 0 Å². The summed E-state index contributed by atoms with van der Waals surface area (Å²) in [6.45, 7) is 0. The molecular formula is C14H16N2O5. The first kappa shape index (κ1) is 16.2. The van der Waals surface area contributed by atoms with Crippen LogP contribution in [0, 0.1) is 0 Å². The average molecular weight is 292 g/mol. The van der Waals surface area contributed by atoms with Gasteiger partial charge in [-0.05, 0) is 30.2 Å². The molecule has 7 nitrogen and oxygen atoms in total. The SMILES string of the molecule is Nc1ccc(/C=C/C(=O)NC(CCC(=O)O)C(=O)O)cc1. The quantitative estimate of drug-likeness (QED) is 0.432. The van der Waals surface area contributed by atoms with Crippen LogP contribution in [0.5, 0.6) is 0 Å². The van der Waals surface area contributed by atoms with Crippen molar-refractivity contribution in [2.45, 2.75) is 18.9 Å². The van der Waals surface area contributed by atoms with Crippen molar-refractivity contribution < 1.29 is 24.6 Å². The smallest absolute Gasteiger partial charge is 0.326 e. The van der Waals surface area contributed by atoms with Crippen molar-refractivity contribution in [2.75, 3.05) is 5.73 Å². The Hall–Kier alpha value is -2.83. The summed E-state index contributed by atoms with van der Waals surface area (Å²) in [5, 5.41) is 19.7. The van der Waals surface area contributed by atoms with Gasteiger partial charge in [-0.2, -0.15) is 0 Å². The van der Waals surface area contributed by atoms with E-state index in [1.807, 2.05) is 0 Å². The molecule has 0 spiro atoms. The maximum absolute atomic E-state index is 11.6. The van der Waals surface area contributed by atoms with Gasteiger partial charge in [0.15, 0.2) is 0 Å². The molecule has 0 aliphatic heterocycles. The van der Waals surface area contributed by atoms with Gasteiger partial charge >= 0.3 is 11.9 Å². The van der Waals surface area contributed by atoms with Gasteiger partial charge in [0.1, 0.15) is 6.04 Å². The van der Waals surface area contributed by atoms with Crippen LogP contribution in [0.3, 0.4) is 0 Å². The molecule has 21 heavy (non-hydrogen) atoms. The summed E-state index contributed by atoms with van der Waals surface area (Å²) in [5.74, 6) is -3.00. The van der Waals surface area contributed by atoms with Crippen LogP contribution in [0.15, 0.2) is 30.3 Å². The Bertz CT molecular complexity index is 551. The predicted octanol–water partition coefficient (Wildman–Crippen LogP) is 0.716. The van der Waals surface area contributed by atoms with Crippen molar-refractivity contribution in [3.63, 3.8) is 0 Å². The molecule has 7 heteroatoms. The fourth-order valence-electron chi connectivity index (χ4n) is 1.52. The van der Waals surface area contributed by atoms with Gasteiger partial charge in [0.25, 0.3) is 0 Å². The Balaban J connectivity index is 2.59. The van der Waals surface area contributed by atoms with E-state index >= 15 is 0 Å². The van der Waals surface area contributed by atoms with Crippen LogP contribution in [-0.4, -0.2) is 34.1 Å². The minimum atomic E-state index is -1.27. The third-order valence-corrected chi connectivity index (χ3v) is 2.63. The highest BCUT2D eigenvalue weighted by molar-refractivity contribution is 5.94. The second-order valence-electron chi connectivity index (χ2n) is 4.33. The summed E-state index contributed by atoms with van der Waals surface area (Å²) >= 11 is 0. The van der Waals surface area contributed by atoms with Gasteiger partial charge in [0.2, 0.25) is 5.91 Å². The van der Waals surface area contributed by atoms with Gasteiger partial charge in [-0.15, -0.1) is 0 Å². The Morgan fingerprint density at radius 1 is 1.19 bits per heavy atom. The lowest BCUT2D eigenvalue weighted by atomic mass is 10.1. The number of rotatable bonds is 7. The van der Waals surface area contributed by atoms with Crippen LogP contribution in [0.25, 0.3) is 6.08 Å². The third-order valence-electron chi connectivity index (χ3n) is 2.63. The van der Waals surface area contributed by atoms with E-state index in [1.165, 1.54) is 12.2 Å². The first-order valence-electron chi connectivity index (χ1n) is 6.17. The third kappa shape index (κ3) is 6.24. The molecule has 0 bridgehead atoms. The Morgan fingerprint density at radius 3 is 2.33 bits per heavy atom. The number of benzene rings is 1. The highest BCUT2D eigenvalue weighted by Crippen LogP contribution is 2.07. The van der Waals surface area contributed by atoms with E-state index in [2.05, 4.69) is 5.32 Å². The van der Waals surface area contributed by atoms with E-state index in [1.54, 1.807) is 24.3 Å². The predicted molar refractivity (Wildman–Crippen MR) is 76.3 cm³/mol. The molecule has 0 fully saturated rings. The maximum atomic E-state index is 11.6. The number of amides is 1. The molecule has 0 aromatic heterocycles. The van der Waals surface area contributed by atoms with Crippen molar-refractivity contribution in [1.82, 2.24) is 5.32 Å². The molecule has 1 atom stereocenters. The lowest BCUT2D eigenvalue weighted by Crippen LogP contribution is -2.40. The first-order valence-corrected chi connectivity index (χ1v) is 6.17. The van der Waals surface area contributed by atoms with Crippen molar-refractivity contribution in [1.29, 1.82) is 0 Å². The molecule has 112 valence electrons. The van der Waals surface area contributed by atoms with Crippen LogP contribution < -0.4 is 11.1 Å². The zero-order valence-corrected chi connectivity index (χ0v) is 11.2. The summed E-state index contributed by atoms with van der Waals surface area (Å²) in [4.78, 5) is 32.9. The van der Waals surface area contributed by atoms with E-state index in [0.717, 1.165) is 5.56 Å². The molecule has 0 radical (unpaired) electrons. The lowest BCUT2D eigenvalue weighted by molar-refractivity contribution is -0.142. The largest absolute Gasteiger partial charge is 0.481 e. The van der Waals surface area contributed by atoms with E-state index in [9.17, 15) is 14.4 Å². The number of carbonyl (C=O) groups is 3. The van der Waals surface area contributed by atoms with Crippen LogP contribution in [0.2, 0.25) is 0 Å². The lowest BCUT2D eigenvalue weighted by Gasteiger charge is -2.11. The fourth-order valence-corrected chi connectivity index (χ4v) is 1.52. The molecule has 1 aromatic rings. The molecule has 0 saturated heterocycles. The second kappa shape index (κ2) is 7.68. The molecular weight excluding hydrogens is 276 g/mol. The van der Waals surface area contributed by atoms with Gasteiger partial charge in [-0.25, -0.2) is 4.79 Å². The second-order valence-corrected chi connectivity index (χ2v) is 4.33. The minimum Gasteiger partial charge on any atom is -0.481 e. The zero-order chi connectivity index (χ0) is 15.8. The highest BCUT2D eigenvalue weighted by Gasteiger charge is 2.19. The standard InChI is InChI=1S/C14H16N2O5/c15-10-4-1-9(2-5-10)3-7-12(17)16-11(14(20)21)6-8-13(18)19/h1-5,7,11H,6,8,15H2,(H,16,17)(H,18,19)(H,20,21)/b7-3+. The Morgan fingerprint density at radius 2 is 1.81 bits per heavy atom. The molecule has 5 N–H and O–H groups in total. The number of aliphatic carboxylic acids is 2. The number of nitrogen functional groups attached to an aromatic ring is 1.